The molecule has 0 N–H and O–H groups in total. The lowest BCUT2D eigenvalue weighted by Crippen LogP contribution is -2.30. The van der Waals surface area contributed by atoms with Crippen molar-refractivity contribution in [2.45, 2.75) is 335 Å². The third kappa shape index (κ3) is 68.5. The third-order valence-electron chi connectivity index (χ3n) is 15.0. The van der Waals surface area contributed by atoms with Crippen LogP contribution in [-0.4, -0.2) is 37.2 Å². The second-order valence-electron chi connectivity index (χ2n) is 23.0. The van der Waals surface area contributed by atoms with Gasteiger partial charge < -0.3 is 14.2 Å². The molecule has 0 radical (unpaired) electrons. The number of rotatable bonds is 63. The van der Waals surface area contributed by atoms with Crippen LogP contribution in [0, 0.1) is 0 Å². The molecule has 474 valence electrons. The minimum atomic E-state index is -0.823. The van der Waals surface area contributed by atoms with Gasteiger partial charge in [0.15, 0.2) is 6.10 Å². The van der Waals surface area contributed by atoms with E-state index in [-0.39, 0.29) is 31.6 Å². The molecule has 0 aromatic carbocycles. The maximum Gasteiger partial charge on any atom is 0.309 e. The zero-order valence-electron chi connectivity index (χ0n) is 54.4. The lowest BCUT2D eigenvalue weighted by molar-refractivity contribution is -0.166. The summed E-state index contributed by atoms with van der Waals surface area (Å²) in [6, 6.07) is 0. The highest BCUT2D eigenvalue weighted by molar-refractivity contribution is 5.72. The van der Waals surface area contributed by atoms with Crippen molar-refractivity contribution in [1.29, 1.82) is 0 Å². The van der Waals surface area contributed by atoms with Crippen LogP contribution in [0.15, 0.2) is 122 Å². The van der Waals surface area contributed by atoms with Crippen molar-refractivity contribution in [3.8, 4) is 0 Å². The number of ether oxygens (including phenoxy) is 3. The first-order valence-electron chi connectivity index (χ1n) is 35.0. The van der Waals surface area contributed by atoms with Crippen molar-refractivity contribution in [3.05, 3.63) is 122 Å². The molecule has 0 fully saturated rings. The summed E-state index contributed by atoms with van der Waals surface area (Å²) in [5, 5.41) is 0. The van der Waals surface area contributed by atoms with Crippen LogP contribution < -0.4 is 0 Å². The Bertz CT molecular complexity index is 1700. The van der Waals surface area contributed by atoms with Crippen LogP contribution in [0.1, 0.15) is 329 Å². The molecule has 0 bridgehead atoms. The number of carbonyl (C=O) groups is 3. The minimum Gasteiger partial charge on any atom is -0.462 e. The molecular formula is C77H130O6. The lowest BCUT2D eigenvalue weighted by atomic mass is 10.0. The summed E-state index contributed by atoms with van der Waals surface area (Å²) in [6.07, 6.45) is 98.3. The van der Waals surface area contributed by atoms with Gasteiger partial charge in [0.2, 0.25) is 0 Å². The van der Waals surface area contributed by atoms with Crippen molar-refractivity contribution in [2.24, 2.45) is 0 Å². The summed E-state index contributed by atoms with van der Waals surface area (Å²) in [5.74, 6) is -1.03. The topological polar surface area (TPSA) is 78.9 Å². The van der Waals surface area contributed by atoms with Gasteiger partial charge >= 0.3 is 17.9 Å². The smallest absolute Gasteiger partial charge is 0.309 e. The zero-order chi connectivity index (χ0) is 59.9. The molecule has 0 aliphatic rings. The predicted molar refractivity (Wildman–Crippen MR) is 362 cm³/mol. The third-order valence-corrected chi connectivity index (χ3v) is 15.0. The molecule has 0 rings (SSSR count). The predicted octanol–water partition coefficient (Wildman–Crippen LogP) is 24.3. The molecule has 0 heterocycles. The lowest BCUT2D eigenvalue weighted by Gasteiger charge is -2.18. The number of unbranched alkanes of at least 4 members (excludes halogenated alkanes) is 33. The Kier molecular flexibility index (Phi) is 66.7. The number of hydrogen-bond donors (Lipinski definition) is 0. The average molecular weight is 1150 g/mol. The SMILES string of the molecule is CC/C=C\C/C=C\C/C=C\C/C=C\C/C=C\CC(=O)OCC(COC(=O)CCCCCCCCCCCCCC/C=C\C/C=C\C/C=C\C/C=C\CC)OC(=O)CCCCCCCCCCCCCCC/C=C\CCCCCCCCCC. The van der Waals surface area contributed by atoms with E-state index in [0.29, 0.717) is 12.8 Å². The molecule has 0 saturated heterocycles. The molecule has 6 nitrogen and oxygen atoms in total. The molecule has 0 aromatic heterocycles. The summed E-state index contributed by atoms with van der Waals surface area (Å²) >= 11 is 0. The van der Waals surface area contributed by atoms with Crippen molar-refractivity contribution < 1.29 is 28.6 Å². The Hall–Kier alpha value is -4.19. The maximum absolute atomic E-state index is 13.0. The van der Waals surface area contributed by atoms with Crippen LogP contribution in [0.4, 0.5) is 0 Å². The summed E-state index contributed by atoms with van der Waals surface area (Å²) in [5.41, 5.74) is 0. The molecular weight excluding hydrogens is 1020 g/mol. The standard InChI is InChI=1S/C77H130O6/c1-4-7-10-13-16-19-22-25-28-30-32-34-36-38-40-42-44-46-49-52-55-58-61-64-67-70-76(79)82-73-74(72-81-75(78)69-66-63-60-57-54-51-48-27-24-21-18-15-12-9-6-3)83-77(80)71-68-65-62-59-56-53-50-47-45-43-41-39-37-35-33-31-29-26-23-20-17-14-11-8-5-2/h7,9-10,12,16,18-19,21,25,27-28,31-34,48,54,57,63,66,74H,4-6,8,11,13-15,17,20,22-24,26,29-30,35-47,49-53,55-56,58-62,64-65,67-73H2,1-3H3/b10-7-,12-9-,19-16-,21-18-,28-25-,33-31-,34-32-,48-27-,57-54-,66-63-. The second-order valence-corrected chi connectivity index (χ2v) is 23.0. The van der Waals surface area contributed by atoms with E-state index in [1.165, 1.54) is 193 Å². The second kappa shape index (κ2) is 70.3. The van der Waals surface area contributed by atoms with Crippen LogP contribution >= 0.6 is 0 Å². The molecule has 0 amide bonds. The van der Waals surface area contributed by atoms with Gasteiger partial charge in [-0.2, -0.15) is 0 Å². The molecule has 0 spiro atoms. The van der Waals surface area contributed by atoms with Crippen molar-refractivity contribution in [1.82, 2.24) is 0 Å². The Morgan fingerprint density at radius 2 is 0.518 bits per heavy atom. The van der Waals surface area contributed by atoms with E-state index in [0.717, 1.165) is 96.3 Å². The van der Waals surface area contributed by atoms with E-state index < -0.39 is 12.1 Å². The van der Waals surface area contributed by atoms with Gasteiger partial charge in [-0.05, 0) is 109 Å². The van der Waals surface area contributed by atoms with E-state index in [1.54, 1.807) is 6.08 Å². The van der Waals surface area contributed by atoms with Crippen molar-refractivity contribution >= 4 is 17.9 Å². The summed E-state index contributed by atoms with van der Waals surface area (Å²) in [7, 11) is 0. The summed E-state index contributed by atoms with van der Waals surface area (Å²) in [4.78, 5) is 38.4. The van der Waals surface area contributed by atoms with E-state index in [9.17, 15) is 14.4 Å². The molecule has 0 aromatic rings. The molecule has 1 atom stereocenters. The molecule has 0 aliphatic carbocycles. The largest absolute Gasteiger partial charge is 0.462 e. The highest BCUT2D eigenvalue weighted by atomic mass is 16.6. The van der Waals surface area contributed by atoms with E-state index in [4.69, 9.17) is 14.2 Å². The average Bonchev–Trinajstić information content (AvgIpc) is 3.49. The van der Waals surface area contributed by atoms with Gasteiger partial charge in [0.05, 0.1) is 6.42 Å². The van der Waals surface area contributed by atoms with Gasteiger partial charge in [-0.15, -0.1) is 0 Å². The zero-order valence-corrected chi connectivity index (χ0v) is 54.4. The van der Waals surface area contributed by atoms with Gasteiger partial charge in [0.25, 0.3) is 0 Å². The Morgan fingerprint density at radius 1 is 0.265 bits per heavy atom. The fourth-order valence-electron chi connectivity index (χ4n) is 9.80. The highest BCUT2D eigenvalue weighted by Crippen LogP contribution is 2.17. The Balaban J connectivity index is 4.37. The van der Waals surface area contributed by atoms with Crippen LogP contribution in [0.5, 0.6) is 0 Å². The summed E-state index contributed by atoms with van der Waals surface area (Å²) < 4.78 is 16.9. The van der Waals surface area contributed by atoms with Crippen LogP contribution in [0.25, 0.3) is 0 Å². The number of hydrogen-bond acceptors (Lipinski definition) is 6. The first-order chi connectivity index (χ1) is 41.0. The summed E-state index contributed by atoms with van der Waals surface area (Å²) in [6.45, 7) is 6.36. The highest BCUT2D eigenvalue weighted by Gasteiger charge is 2.19. The van der Waals surface area contributed by atoms with Crippen LogP contribution in [-0.2, 0) is 28.6 Å². The molecule has 6 heteroatoms. The van der Waals surface area contributed by atoms with Crippen molar-refractivity contribution in [3.63, 3.8) is 0 Å². The van der Waals surface area contributed by atoms with Gasteiger partial charge in [-0.1, -0.05) is 322 Å². The molecule has 0 saturated carbocycles. The van der Waals surface area contributed by atoms with Crippen LogP contribution in [0.2, 0.25) is 0 Å². The molecule has 1 unspecified atom stereocenters. The first-order valence-corrected chi connectivity index (χ1v) is 35.0. The van der Waals surface area contributed by atoms with Gasteiger partial charge in [0.1, 0.15) is 13.2 Å². The Morgan fingerprint density at radius 3 is 0.855 bits per heavy atom. The number of esters is 3. The van der Waals surface area contributed by atoms with Gasteiger partial charge in [-0.3, -0.25) is 14.4 Å². The van der Waals surface area contributed by atoms with Crippen LogP contribution in [0.3, 0.4) is 0 Å². The van der Waals surface area contributed by atoms with E-state index >= 15 is 0 Å². The van der Waals surface area contributed by atoms with Gasteiger partial charge in [-0.25, -0.2) is 0 Å². The molecule has 83 heavy (non-hydrogen) atoms. The number of allylic oxidation sites excluding steroid dienone is 19. The minimum absolute atomic E-state index is 0.109. The quantitative estimate of drug-likeness (QED) is 0.0261. The fraction of sp³-hybridized carbons (Fsp3) is 0.701. The maximum atomic E-state index is 13.0. The Labute approximate surface area is 513 Å². The van der Waals surface area contributed by atoms with Gasteiger partial charge in [0, 0.05) is 12.8 Å². The number of carbonyl (C=O) groups excluding carboxylic acids is 3. The van der Waals surface area contributed by atoms with E-state index in [1.807, 2.05) is 6.08 Å². The normalized spacial score (nSPS) is 12.9. The molecule has 0 aliphatic heterocycles. The van der Waals surface area contributed by atoms with Crippen molar-refractivity contribution in [2.75, 3.05) is 13.2 Å². The van der Waals surface area contributed by atoms with E-state index in [2.05, 4.69) is 130 Å². The monoisotopic (exact) mass is 1150 g/mol. The fourth-order valence-corrected chi connectivity index (χ4v) is 9.80. The first kappa shape index (κ1) is 78.8.